The number of esters is 1. The number of hydrogen-bond donors (Lipinski definition) is 0. The minimum absolute atomic E-state index is 0.212. The maximum atomic E-state index is 10.8. The van der Waals surface area contributed by atoms with Crippen molar-refractivity contribution in [2.24, 2.45) is 5.92 Å². The lowest BCUT2D eigenvalue weighted by molar-refractivity contribution is -0.143. The van der Waals surface area contributed by atoms with Gasteiger partial charge in [-0.05, 0) is 12.8 Å². The molecule has 0 aliphatic rings. The van der Waals surface area contributed by atoms with Crippen LogP contribution in [0.25, 0.3) is 0 Å². The number of hydrogen-bond acceptors (Lipinski definition) is 2. The summed E-state index contributed by atoms with van der Waals surface area (Å²) in [5.74, 6) is 5.45. The van der Waals surface area contributed by atoms with Gasteiger partial charge in [-0.1, -0.05) is 19.8 Å². The van der Waals surface area contributed by atoms with Crippen LogP contribution < -0.4 is 0 Å². The summed E-state index contributed by atoms with van der Waals surface area (Å²) in [5, 5.41) is 0. The first-order valence-corrected chi connectivity index (χ1v) is 3.72. The lowest BCUT2D eigenvalue weighted by atomic mass is 10.2. The van der Waals surface area contributed by atoms with Crippen LogP contribution in [0.1, 0.15) is 27.2 Å². The van der Waals surface area contributed by atoms with Gasteiger partial charge in [-0.15, -0.1) is 5.92 Å². The van der Waals surface area contributed by atoms with Crippen molar-refractivity contribution in [2.75, 3.05) is 6.61 Å². The zero-order valence-corrected chi connectivity index (χ0v) is 7.31. The van der Waals surface area contributed by atoms with Crippen molar-refractivity contribution in [1.29, 1.82) is 0 Å². The van der Waals surface area contributed by atoms with Gasteiger partial charge in [0.15, 0.2) is 0 Å². The fourth-order valence-corrected chi connectivity index (χ4v) is 0.471. The van der Waals surface area contributed by atoms with E-state index >= 15 is 0 Å². The van der Waals surface area contributed by atoms with Gasteiger partial charge in [-0.2, -0.15) is 0 Å². The Labute approximate surface area is 67.9 Å². The van der Waals surface area contributed by atoms with E-state index in [1.165, 1.54) is 0 Å². The Morgan fingerprint density at radius 3 is 2.64 bits per heavy atom. The molecular weight excluding hydrogens is 140 g/mol. The Balaban J connectivity index is 3.43. The third kappa shape index (κ3) is 6.92. The third-order valence-electron chi connectivity index (χ3n) is 0.987. The molecular formula is C9H14O2. The molecule has 0 fully saturated rings. The van der Waals surface area contributed by atoms with Crippen molar-refractivity contribution in [3.8, 4) is 11.8 Å². The van der Waals surface area contributed by atoms with Crippen LogP contribution >= 0.6 is 0 Å². The number of ether oxygens (including phenoxy) is 1. The van der Waals surface area contributed by atoms with Crippen LogP contribution in [0.15, 0.2) is 0 Å². The van der Waals surface area contributed by atoms with Crippen molar-refractivity contribution in [3.05, 3.63) is 0 Å². The molecule has 0 atom stereocenters. The van der Waals surface area contributed by atoms with Crippen molar-refractivity contribution in [3.63, 3.8) is 0 Å². The quantitative estimate of drug-likeness (QED) is 0.456. The van der Waals surface area contributed by atoms with Crippen LogP contribution in [0, 0.1) is 17.8 Å². The van der Waals surface area contributed by atoms with E-state index in [1.807, 2.05) is 13.8 Å². The summed E-state index contributed by atoms with van der Waals surface area (Å²) < 4.78 is 4.86. The van der Waals surface area contributed by atoms with Gasteiger partial charge < -0.3 is 4.74 Å². The lowest BCUT2D eigenvalue weighted by Crippen LogP contribution is -2.08. The van der Waals surface area contributed by atoms with Gasteiger partial charge in [0.2, 0.25) is 0 Å². The maximum absolute atomic E-state index is 10.8. The number of carbonyl (C=O) groups excluding carboxylic acids is 1. The molecule has 0 aromatic carbocycles. The van der Waals surface area contributed by atoms with Crippen LogP contribution in [-0.2, 0) is 9.53 Å². The number of carbonyl (C=O) groups is 1. The monoisotopic (exact) mass is 154 g/mol. The van der Waals surface area contributed by atoms with Crippen molar-refractivity contribution >= 4 is 5.97 Å². The van der Waals surface area contributed by atoms with Gasteiger partial charge in [0.1, 0.15) is 6.42 Å². The van der Waals surface area contributed by atoms with Gasteiger partial charge in [-0.25, -0.2) is 0 Å². The first-order valence-electron chi connectivity index (χ1n) is 3.72. The molecule has 0 aliphatic carbocycles. The fraction of sp³-hybridized carbons (Fsp3) is 0.667. The highest BCUT2D eigenvalue weighted by Crippen LogP contribution is 1.94. The summed E-state index contributed by atoms with van der Waals surface area (Å²) in [4.78, 5) is 10.8. The van der Waals surface area contributed by atoms with Crippen LogP contribution in [0.2, 0.25) is 0 Å². The molecule has 0 aromatic rings. The molecule has 0 bridgehead atoms. The first-order chi connectivity index (χ1) is 5.16. The molecule has 11 heavy (non-hydrogen) atoms. The van der Waals surface area contributed by atoms with Crippen molar-refractivity contribution in [2.45, 2.75) is 27.2 Å². The van der Waals surface area contributed by atoms with Gasteiger partial charge in [-0.3, -0.25) is 4.79 Å². The minimum Gasteiger partial charge on any atom is -0.465 e. The van der Waals surface area contributed by atoms with Gasteiger partial charge in [0.25, 0.3) is 0 Å². The summed E-state index contributed by atoms with van der Waals surface area (Å²) in [6.07, 6.45) is 0.212. The zero-order chi connectivity index (χ0) is 8.69. The summed E-state index contributed by atoms with van der Waals surface area (Å²) in [6.45, 7) is 6.19. The van der Waals surface area contributed by atoms with E-state index in [0.29, 0.717) is 12.5 Å². The summed E-state index contributed by atoms with van der Waals surface area (Å²) >= 11 is 0. The van der Waals surface area contributed by atoms with Crippen molar-refractivity contribution in [1.82, 2.24) is 0 Å². The highest BCUT2D eigenvalue weighted by Gasteiger charge is 2.00. The Kier molecular flexibility index (Phi) is 5.28. The molecule has 0 N–H and O–H groups in total. The van der Waals surface area contributed by atoms with E-state index in [1.54, 1.807) is 6.92 Å². The molecule has 0 spiro atoms. The summed E-state index contributed by atoms with van der Waals surface area (Å²) in [7, 11) is 0. The van der Waals surface area contributed by atoms with Gasteiger partial charge in [0.05, 0.1) is 6.61 Å². The molecule has 2 nitrogen and oxygen atoms in total. The molecule has 0 saturated heterocycles. The molecule has 0 heterocycles. The van der Waals surface area contributed by atoms with E-state index in [2.05, 4.69) is 11.8 Å². The lowest BCUT2D eigenvalue weighted by Gasteiger charge is -2.04. The number of rotatable bonds is 3. The third-order valence-corrected chi connectivity index (χ3v) is 0.987. The van der Waals surface area contributed by atoms with Crippen LogP contribution in [-0.4, -0.2) is 12.6 Å². The van der Waals surface area contributed by atoms with Crippen LogP contribution in [0.3, 0.4) is 0 Å². The maximum Gasteiger partial charge on any atom is 0.317 e. The van der Waals surface area contributed by atoms with E-state index in [-0.39, 0.29) is 12.4 Å². The fourth-order valence-electron chi connectivity index (χ4n) is 0.471. The Morgan fingerprint density at radius 2 is 2.18 bits per heavy atom. The average Bonchev–Trinajstić information content (AvgIpc) is 1.97. The molecule has 0 amide bonds. The van der Waals surface area contributed by atoms with E-state index in [4.69, 9.17) is 4.74 Å². The molecule has 2 heteroatoms. The van der Waals surface area contributed by atoms with Crippen LogP contribution in [0.4, 0.5) is 0 Å². The van der Waals surface area contributed by atoms with E-state index < -0.39 is 0 Å². The standard InChI is InChI=1S/C9H14O2/c1-4-5-6-9(10)11-7-8(2)3/h8H,6-7H2,1-3H3. The minimum atomic E-state index is -0.229. The largest absolute Gasteiger partial charge is 0.465 e. The average molecular weight is 154 g/mol. The molecule has 62 valence electrons. The first kappa shape index (κ1) is 10.0. The predicted molar refractivity (Wildman–Crippen MR) is 43.9 cm³/mol. The predicted octanol–water partition coefficient (Wildman–Crippen LogP) is 1.60. The SMILES string of the molecule is CC#CCC(=O)OCC(C)C. The molecule has 0 rings (SSSR count). The van der Waals surface area contributed by atoms with Gasteiger partial charge >= 0.3 is 5.97 Å². The second-order valence-corrected chi connectivity index (χ2v) is 2.68. The summed E-state index contributed by atoms with van der Waals surface area (Å²) in [6, 6.07) is 0. The smallest absolute Gasteiger partial charge is 0.317 e. The molecule has 0 saturated carbocycles. The molecule has 0 aromatic heterocycles. The highest BCUT2D eigenvalue weighted by molar-refractivity contribution is 5.72. The van der Waals surface area contributed by atoms with E-state index in [9.17, 15) is 4.79 Å². The highest BCUT2D eigenvalue weighted by atomic mass is 16.5. The Hall–Kier alpha value is -0.970. The summed E-state index contributed by atoms with van der Waals surface area (Å²) in [5.41, 5.74) is 0. The Bertz CT molecular complexity index is 172. The van der Waals surface area contributed by atoms with E-state index in [0.717, 1.165) is 0 Å². The zero-order valence-electron chi connectivity index (χ0n) is 7.31. The van der Waals surface area contributed by atoms with Crippen LogP contribution in [0.5, 0.6) is 0 Å². The molecule has 0 unspecified atom stereocenters. The molecule has 0 aliphatic heterocycles. The molecule has 0 radical (unpaired) electrons. The normalized spacial score (nSPS) is 8.73. The van der Waals surface area contributed by atoms with Gasteiger partial charge in [0, 0.05) is 0 Å². The second kappa shape index (κ2) is 5.79. The van der Waals surface area contributed by atoms with Crippen molar-refractivity contribution < 1.29 is 9.53 Å². The topological polar surface area (TPSA) is 26.3 Å². The second-order valence-electron chi connectivity index (χ2n) is 2.68. The Morgan fingerprint density at radius 1 is 1.55 bits per heavy atom.